The van der Waals surface area contributed by atoms with E-state index in [-0.39, 0.29) is 24.7 Å². The lowest BCUT2D eigenvalue weighted by Gasteiger charge is -2.68. The Hall–Kier alpha value is -1.75. The van der Waals surface area contributed by atoms with Gasteiger partial charge in [0.05, 0.1) is 18.6 Å². The maximum Gasteiger partial charge on any atom is 0.303 e. The van der Waals surface area contributed by atoms with Gasteiger partial charge < -0.3 is 38.3 Å². The number of aliphatic hydroxyl groups is 2. The molecule has 0 aromatic carbocycles. The monoisotopic (exact) mass is 530 g/mol. The molecule has 10 atom stereocenters. The summed E-state index contributed by atoms with van der Waals surface area (Å²) in [6, 6.07) is 1.88. The molecule has 38 heavy (non-hydrogen) atoms. The third kappa shape index (κ3) is 2.62. The fourth-order valence-electron chi connectivity index (χ4n) is 9.36. The van der Waals surface area contributed by atoms with Crippen LogP contribution in [0.15, 0.2) is 34.7 Å². The molecule has 1 aromatic rings. The van der Waals surface area contributed by atoms with Crippen LogP contribution in [0, 0.1) is 22.7 Å². The first kappa shape index (κ1) is 25.2. The zero-order valence-corrected chi connectivity index (χ0v) is 23.1. The Morgan fingerprint density at radius 3 is 2.47 bits per heavy atom. The molecule has 2 aliphatic carbocycles. The van der Waals surface area contributed by atoms with Crippen LogP contribution in [-0.4, -0.2) is 57.0 Å². The van der Waals surface area contributed by atoms with E-state index in [0.29, 0.717) is 12.0 Å². The second-order valence-electron chi connectivity index (χ2n) is 13.8. The molecule has 208 valence electrons. The van der Waals surface area contributed by atoms with E-state index in [1.807, 2.05) is 39.8 Å². The van der Waals surface area contributed by atoms with Crippen LogP contribution in [-0.2, 0) is 28.5 Å². The molecule has 6 aliphatic rings. The maximum absolute atomic E-state index is 12.8. The van der Waals surface area contributed by atoms with Gasteiger partial charge in [-0.3, -0.25) is 4.79 Å². The zero-order chi connectivity index (χ0) is 27.3. The lowest BCUT2D eigenvalue weighted by atomic mass is 9.49. The molecule has 1 spiro atoms. The molecule has 5 fully saturated rings. The summed E-state index contributed by atoms with van der Waals surface area (Å²) in [7, 11) is 0. The summed E-state index contributed by atoms with van der Waals surface area (Å²) in [5.74, 6) is -5.65. The van der Waals surface area contributed by atoms with E-state index in [0.717, 1.165) is 5.56 Å². The molecule has 4 saturated heterocycles. The first-order chi connectivity index (χ1) is 17.6. The second kappa shape index (κ2) is 6.93. The highest BCUT2D eigenvalue weighted by atomic mass is 16.8. The molecule has 9 nitrogen and oxygen atoms in total. The highest BCUT2D eigenvalue weighted by Gasteiger charge is 2.90. The molecular formula is C29H38O9. The SMILES string of the molecule is CC(=O)O[C@@]12[C@@H]3O[C@@]4(O)C[C@]5(C)[C@H]6C[C@@](C(C)C)(O[C@H]5c5ccoc5)O[C@H]1[C@]6(C4)O[C@]2(O)C(C)=CC3(C)C. The van der Waals surface area contributed by atoms with Crippen LogP contribution >= 0.6 is 0 Å². The first-order valence-corrected chi connectivity index (χ1v) is 13.7. The molecule has 0 amide bonds. The lowest BCUT2D eigenvalue weighted by molar-refractivity contribution is -0.443. The molecular weight excluding hydrogens is 492 g/mol. The van der Waals surface area contributed by atoms with Crippen molar-refractivity contribution >= 4 is 5.97 Å². The van der Waals surface area contributed by atoms with Gasteiger partial charge in [-0.2, -0.15) is 0 Å². The van der Waals surface area contributed by atoms with E-state index in [1.54, 1.807) is 19.5 Å². The molecule has 1 aromatic heterocycles. The normalized spacial score (nSPS) is 53.5. The van der Waals surface area contributed by atoms with Gasteiger partial charge in [0.25, 0.3) is 0 Å². The Bertz CT molecular complexity index is 1240. The van der Waals surface area contributed by atoms with Crippen LogP contribution < -0.4 is 0 Å². The number of carbonyl (C=O) groups is 1. The van der Waals surface area contributed by atoms with E-state index in [4.69, 9.17) is 28.1 Å². The summed E-state index contributed by atoms with van der Waals surface area (Å²) in [5, 5.41) is 24.8. The fourth-order valence-corrected chi connectivity index (χ4v) is 9.36. The summed E-state index contributed by atoms with van der Waals surface area (Å²) >= 11 is 0. The van der Waals surface area contributed by atoms with Crippen molar-refractivity contribution < 1.29 is 43.1 Å². The van der Waals surface area contributed by atoms with E-state index in [9.17, 15) is 15.0 Å². The highest BCUT2D eigenvalue weighted by molar-refractivity contribution is 5.68. The van der Waals surface area contributed by atoms with E-state index < -0.39 is 63.7 Å². The average Bonchev–Trinajstić information content (AvgIpc) is 3.36. The van der Waals surface area contributed by atoms with Crippen LogP contribution in [0.4, 0.5) is 0 Å². The summed E-state index contributed by atoms with van der Waals surface area (Å²) < 4.78 is 39.3. The van der Waals surface area contributed by atoms with E-state index in [2.05, 4.69) is 6.92 Å². The Morgan fingerprint density at radius 1 is 1.11 bits per heavy atom. The predicted molar refractivity (Wildman–Crippen MR) is 131 cm³/mol. The quantitative estimate of drug-likeness (QED) is 0.445. The van der Waals surface area contributed by atoms with Gasteiger partial charge in [-0.1, -0.05) is 40.7 Å². The second-order valence-corrected chi connectivity index (χ2v) is 13.8. The van der Waals surface area contributed by atoms with Gasteiger partial charge in [0.2, 0.25) is 11.4 Å². The van der Waals surface area contributed by atoms with Gasteiger partial charge >= 0.3 is 5.97 Å². The van der Waals surface area contributed by atoms with Crippen LogP contribution in [0.2, 0.25) is 0 Å². The van der Waals surface area contributed by atoms with Gasteiger partial charge in [-0.05, 0) is 18.6 Å². The van der Waals surface area contributed by atoms with Crippen LogP contribution in [0.1, 0.15) is 79.4 Å². The van der Waals surface area contributed by atoms with Crippen molar-refractivity contribution in [3.8, 4) is 0 Å². The molecule has 5 bridgehead atoms. The minimum Gasteiger partial charge on any atom is -0.472 e. The van der Waals surface area contributed by atoms with Crippen molar-refractivity contribution in [2.45, 2.75) is 115 Å². The van der Waals surface area contributed by atoms with Gasteiger partial charge in [0, 0.05) is 54.4 Å². The Balaban J connectivity index is 1.56. The van der Waals surface area contributed by atoms with Gasteiger partial charge in [0.15, 0.2) is 11.6 Å². The third-order valence-corrected chi connectivity index (χ3v) is 10.6. The molecule has 0 unspecified atom stereocenters. The molecule has 5 heterocycles. The summed E-state index contributed by atoms with van der Waals surface area (Å²) in [6.45, 7) is 13.2. The Kier molecular flexibility index (Phi) is 4.60. The summed E-state index contributed by atoms with van der Waals surface area (Å²) in [6.07, 6.45) is 3.57. The minimum atomic E-state index is -2.02. The molecule has 0 radical (unpaired) electrons. The largest absolute Gasteiger partial charge is 0.472 e. The number of hydrogen-bond donors (Lipinski definition) is 2. The molecule has 2 N–H and O–H groups in total. The number of rotatable bonds is 3. The van der Waals surface area contributed by atoms with Gasteiger partial charge in [-0.15, -0.1) is 0 Å². The Morgan fingerprint density at radius 2 is 1.84 bits per heavy atom. The maximum atomic E-state index is 12.8. The molecule has 7 rings (SSSR count). The summed E-state index contributed by atoms with van der Waals surface area (Å²) in [4.78, 5) is 12.8. The topological polar surface area (TPSA) is 117 Å². The highest BCUT2D eigenvalue weighted by Crippen LogP contribution is 2.76. The van der Waals surface area contributed by atoms with Crippen molar-refractivity contribution in [3.63, 3.8) is 0 Å². The average molecular weight is 531 g/mol. The molecule has 1 saturated carbocycles. The predicted octanol–water partition coefficient (Wildman–Crippen LogP) is 3.74. The first-order valence-electron chi connectivity index (χ1n) is 13.7. The lowest BCUT2D eigenvalue weighted by Crippen LogP contribution is -2.76. The van der Waals surface area contributed by atoms with Crippen molar-refractivity contribution in [2.24, 2.45) is 22.7 Å². The number of esters is 1. The molecule has 4 aliphatic heterocycles. The van der Waals surface area contributed by atoms with Crippen molar-refractivity contribution in [2.75, 3.05) is 0 Å². The standard InChI is InChI=1S/C29H38O9/c1-15(2)27-11-19-24(7,20(35-27)18-8-9-33-12-18)13-25(31)14-26(19)22(37-27)28(34-17(4)30)21(36-25)23(5,6)10-16(3)29(28,32)38-26/h8-10,12,15,19-22,31-32H,11,13-14H2,1-7H3/t19-,20+,21-,22+,24-,25+,26-,27-,28+,29-/m1/s1. The summed E-state index contributed by atoms with van der Waals surface area (Å²) in [5.41, 5.74) is -3.08. The van der Waals surface area contributed by atoms with Crippen molar-refractivity contribution in [1.82, 2.24) is 0 Å². The number of furan rings is 1. The van der Waals surface area contributed by atoms with E-state index in [1.165, 1.54) is 6.92 Å². The van der Waals surface area contributed by atoms with Crippen LogP contribution in [0.25, 0.3) is 0 Å². The van der Waals surface area contributed by atoms with Crippen LogP contribution in [0.5, 0.6) is 0 Å². The van der Waals surface area contributed by atoms with Crippen LogP contribution in [0.3, 0.4) is 0 Å². The van der Waals surface area contributed by atoms with E-state index >= 15 is 0 Å². The van der Waals surface area contributed by atoms with Gasteiger partial charge in [0.1, 0.15) is 17.8 Å². The fraction of sp³-hybridized carbons (Fsp3) is 0.759. The number of fused-ring (bicyclic) bond motifs is 2. The number of ether oxygens (including phenoxy) is 5. The van der Waals surface area contributed by atoms with Gasteiger partial charge in [-0.25, -0.2) is 0 Å². The number of hydrogen-bond acceptors (Lipinski definition) is 9. The number of carbonyl (C=O) groups excluding carboxylic acids is 1. The minimum absolute atomic E-state index is 0.0718. The zero-order valence-electron chi connectivity index (χ0n) is 23.1. The third-order valence-electron chi connectivity index (χ3n) is 10.6. The smallest absolute Gasteiger partial charge is 0.303 e. The molecule has 9 heteroatoms. The van der Waals surface area contributed by atoms with Crippen molar-refractivity contribution in [1.29, 1.82) is 0 Å². The van der Waals surface area contributed by atoms with Crippen molar-refractivity contribution in [3.05, 3.63) is 35.8 Å². The Labute approximate surface area is 222 Å².